The van der Waals surface area contributed by atoms with Crippen LogP contribution in [0.2, 0.25) is 0 Å². The van der Waals surface area contributed by atoms with Gasteiger partial charge in [-0.2, -0.15) is 0 Å². The molecule has 0 amide bonds. The third-order valence-corrected chi connectivity index (χ3v) is 2.32. The van der Waals surface area contributed by atoms with Gasteiger partial charge >= 0.3 is 0 Å². The van der Waals surface area contributed by atoms with Crippen LogP contribution in [0.25, 0.3) is 0 Å². The Bertz CT molecular complexity index is 385. The van der Waals surface area contributed by atoms with Crippen LogP contribution < -0.4 is 9.47 Å². The average Bonchev–Trinajstić information content (AvgIpc) is 2.53. The molecular formula is C17H22O3. The van der Waals surface area contributed by atoms with E-state index in [1.807, 2.05) is 60.7 Å². The van der Waals surface area contributed by atoms with Crippen molar-refractivity contribution in [2.24, 2.45) is 0 Å². The quantitative estimate of drug-likeness (QED) is 0.875. The van der Waals surface area contributed by atoms with Crippen molar-refractivity contribution >= 4 is 0 Å². The lowest BCUT2D eigenvalue weighted by Crippen LogP contribution is -2.00. The molecule has 0 aliphatic rings. The molecule has 0 aliphatic heterocycles. The molecule has 0 aromatic heterocycles. The summed E-state index contributed by atoms with van der Waals surface area (Å²) in [4.78, 5) is 0. The average molecular weight is 274 g/mol. The third kappa shape index (κ3) is 7.44. The standard InChI is InChI=1S/C9H12O.C8H10O2/c1-2-8-10-9-6-4-3-5-7-9;9-6-7-10-8-4-2-1-3-5-8/h3-7H,2,8H2,1H3;1-5,9H,6-7H2. The van der Waals surface area contributed by atoms with E-state index in [2.05, 4.69) is 6.92 Å². The van der Waals surface area contributed by atoms with E-state index < -0.39 is 0 Å². The summed E-state index contributed by atoms with van der Waals surface area (Å²) in [6.07, 6.45) is 1.06. The summed E-state index contributed by atoms with van der Waals surface area (Å²) in [7, 11) is 0. The van der Waals surface area contributed by atoms with Crippen LogP contribution in [0.4, 0.5) is 0 Å². The number of aliphatic hydroxyl groups excluding tert-OH is 1. The molecule has 0 atom stereocenters. The fraction of sp³-hybridized carbons (Fsp3) is 0.294. The van der Waals surface area contributed by atoms with Gasteiger partial charge in [0.05, 0.1) is 13.2 Å². The van der Waals surface area contributed by atoms with Crippen molar-refractivity contribution in [3.8, 4) is 11.5 Å². The third-order valence-electron chi connectivity index (χ3n) is 2.32. The van der Waals surface area contributed by atoms with Crippen molar-refractivity contribution in [1.82, 2.24) is 0 Å². The highest BCUT2D eigenvalue weighted by Gasteiger charge is 1.87. The van der Waals surface area contributed by atoms with E-state index in [4.69, 9.17) is 14.6 Å². The number of rotatable bonds is 6. The summed E-state index contributed by atoms with van der Waals surface area (Å²) in [6.45, 7) is 3.34. The second-order valence-corrected chi connectivity index (χ2v) is 4.05. The van der Waals surface area contributed by atoms with E-state index in [0.29, 0.717) is 6.61 Å². The van der Waals surface area contributed by atoms with Crippen LogP contribution in [0.15, 0.2) is 60.7 Å². The molecule has 0 unspecified atom stereocenters. The molecule has 0 aliphatic carbocycles. The van der Waals surface area contributed by atoms with Crippen molar-refractivity contribution in [2.45, 2.75) is 13.3 Å². The summed E-state index contributed by atoms with van der Waals surface area (Å²) < 4.78 is 10.5. The fourth-order valence-corrected chi connectivity index (χ4v) is 1.42. The van der Waals surface area contributed by atoms with Gasteiger partial charge < -0.3 is 14.6 Å². The Hall–Kier alpha value is -2.00. The van der Waals surface area contributed by atoms with Crippen LogP contribution in [0, 0.1) is 0 Å². The predicted octanol–water partition coefficient (Wildman–Crippen LogP) is 3.53. The van der Waals surface area contributed by atoms with Crippen molar-refractivity contribution < 1.29 is 14.6 Å². The lowest BCUT2D eigenvalue weighted by molar-refractivity contribution is 0.201. The maximum absolute atomic E-state index is 8.40. The van der Waals surface area contributed by atoms with Crippen molar-refractivity contribution in [3.05, 3.63) is 60.7 Å². The van der Waals surface area contributed by atoms with Gasteiger partial charge in [-0.3, -0.25) is 0 Å². The zero-order valence-electron chi connectivity index (χ0n) is 11.9. The van der Waals surface area contributed by atoms with Crippen molar-refractivity contribution in [3.63, 3.8) is 0 Å². The second-order valence-electron chi connectivity index (χ2n) is 4.05. The number of ether oxygens (including phenoxy) is 2. The molecule has 108 valence electrons. The molecule has 0 bridgehead atoms. The van der Waals surface area contributed by atoms with Gasteiger partial charge in [0.25, 0.3) is 0 Å². The molecular weight excluding hydrogens is 252 g/mol. The van der Waals surface area contributed by atoms with Gasteiger partial charge in [-0.1, -0.05) is 43.3 Å². The molecule has 2 aromatic rings. The van der Waals surface area contributed by atoms with Gasteiger partial charge in [-0.05, 0) is 30.7 Å². The Morgan fingerprint density at radius 2 is 1.20 bits per heavy atom. The monoisotopic (exact) mass is 274 g/mol. The number of hydrogen-bond donors (Lipinski definition) is 1. The molecule has 0 spiro atoms. The molecule has 0 radical (unpaired) electrons. The summed E-state index contributed by atoms with van der Waals surface area (Å²) in [6, 6.07) is 19.3. The molecule has 20 heavy (non-hydrogen) atoms. The number of benzene rings is 2. The summed E-state index contributed by atoms with van der Waals surface area (Å²) in [5.41, 5.74) is 0. The predicted molar refractivity (Wildman–Crippen MR) is 81.3 cm³/mol. The van der Waals surface area contributed by atoms with Crippen LogP contribution in [0.1, 0.15) is 13.3 Å². The Morgan fingerprint density at radius 1 is 0.750 bits per heavy atom. The van der Waals surface area contributed by atoms with Crippen LogP contribution in [0.3, 0.4) is 0 Å². The number of para-hydroxylation sites is 2. The van der Waals surface area contributed by atoms with E-state index in [0.717, 1.165) is 24.5 Å². The van der Waals surface area contributed by atoms with E-state index in [9.17, 15) is 0 Å². The number of hydrogen-bond acceptors (Lipinski definition) is 3. The second kappa shape index (κ2) is 10.9. The van der Waals surface area contributed by atoms with Gasteiger partial charge in [0.15, 0.2) is 0 Å². The fourth-order valence-electron chi connectivity index (χ4n) is 1.42. The topological polar surface area (TPSA) is 38.7 Å². The van der Waals surface area contributed by atoms with Crippen molar-refractivity contribution in [1.29, 1.82) is 0 Å². The molecule has 1 N–H and O–H groups in total. The normalized spacial score (nSPS) is 9.30. The smallest absolute Gasteiger partial charge is 0.119 e. The van der Waals surface area contributed by atoms with Gasteiger partial charge in [0, 0.05) is 0 Å². The minimum absolute atomic E-state index is 0.0644. The first-order valence-corrected chi connectivity index (χ1v) is 6.83. The number of aliphatic hydroxyl groups is 1. The Labute approximate surface area is 120 Å². The summed E-state index contributed by atoms with van der Waals surface area (Å²) >= 11 is 0. The molecule has 0 saturated heterocycles. The first-order chi connectivity index (χ1) is 9.86. The Kier molecular flexibility index (Phi) is 8.73. The van der Waals surface area contributed by atoms with Crippen LogP contribution >= 0.6 is 0 Å². The summed E-state index contributed by atoms with van der Waals surface area (Å²) in [5.74, 6) is 1.76. The molecule has 2 rings (SSSR count). The van der Waals surface area contributed by atoms with Gasteiger partial charge in [-0.25, -0.2) is 0 Å². The molecule has 0 fully saturated rings. The maximum atomic E-state index is 8.40. The molecule has 2 aromatic carbocycles. The highest BCUT2D eigenvalue weighted by atomic mass is 16.5. The Morgan fingerprint density at radius 3 is 1.60 bits per heavy atom. The SMILES string of the molecule is CCCOc1ccccc1.OCCOc1ccccc1. The zero-order chi connectivity index (χ0) is 14.5. The van der Waals surface area contributed by atoms with E-state index in [1.165, 1.54) is 0 Å². The van der Waals surface area contributed by atoms with E-state index in [-0.39, 0.29) is 6.61 Å². The van der Waals surface area contributed by atoms with E-state index in [1.54, 1.807) is 0 Å². The lowest BCUT2D eigenvalue weighted by atomic mass is 10.3. The van der Waals surface area contributed by atoms with Crippen LogP contribution in [-0.2, 0) is 0 Å². The Balaban J connectivity index is 0.000000200. The van der Waals surface area contributed by atoms with Gasteiger partial charge in [-0.15, -0.1) is 0 Å². The van der Waals surface area contributed by atoms with Crippen molar-refractivity contribution in [2.75, 3.05) is 19.8 Å². The minimum Gasteiger partial charge on any atom is -0.494 e. The lowest BCUT2D eigenvalue weighted by Gasteiger charge is -2.01. The highest BCUT2D eigenvalue weighted by molar-refractivity contribution is 5.21. The van der Waals surface area contributed by atoms with Gasteiger partial charge in [0.1, 0.15) is 18.1 Å². The molecule has 3 heteroatoms. The molecule has 0 saturated carbocycles. The molecule has 0 heterocycles. The first kappa shape index (κ1) is 16.1. The van der Waals surface area contributed by atoms with Gasteiger partial charge in [0.2, 0.25) is 0 Å². The zero-order valence-corrected chi connectivity index (χ0v) is 11.9. The molecule has 3 nitrogen and oxygen atoms in total. The van der Waals surface area contributed by atoms with Crippen LogP contribution in [-0.4, -0.2) is 24.9 Å². The van der Waals surface area contributed by atoms with E-state index >= 15 is 0 Å². The first-order valence-electron chi connectivity index (χ1n) is 6.83. The minimum atomic E-state index is 0.0644. The highest BCUT2D eigenvalue weighted by Crippen LogP contribution is 2.08. The largest absolute Gasteiger partial charge is 0.494 e. The van der Waals surface area contributed by atoms with Crippen LogP contribution in [0.5, 0.6) is 11.5 Å². The maximum Gasteiger partial charge on any atom is 0.119 e. The summed E-state index contributed by atoms with van der Waals surface area (Å²) in [5, 5.41) is 8.40.